The third-order valence-corrected chi connectivity index (χ3v) is 2.41. The molecule has 2 nitrogen and oxygen atoms in total. The van der Waals surface area contributed by atoms with Crippen LogP contribution in [0.2, 0.25) is 0 Å². The first-order valence-corrected chi connectivity index (χ1v) is 4.95. The molecule has 0 atom stereocenters. The van der Waals surface area contributed by atoms with Crippen LogP contribution in [0.4, 0.5) is 4.39 Å². The molecule has 1 aromatic rings. The van der Waals surface area contributed by atoms with Crippen molar-refractivity contribution < 1.29 is 9.13 Å². The number of ether oxygens (including phenoxy) is 1. The Kier molecular flexibility index (Phi) is 2.99. The number of hydrogen-bond acceptors (Lipinski definition) is 2. The molecule has 0 bridgehead atoms. The van der Waals surface area contributed by atoms with Crippen LogP contribution in [0.25, 0.3) is 0 Å². The normalized spacial score (nSPS) is 17.2. The summed E-state index contributed by atoms with van der Waals surface area (Å²) in [7, 11) is 0. The molecule has 1 fully saturated rings. The number of benzene rings is 1. The van der Waals surface area contributed by atoms with Gasteiger partial charge in [0.05, 0.1) is 0 Å². The molecule has 0 radical (unpaired) electrons. The Morgan fingerprint density at radius 3 is 2.79 bits per heavy atom. The highest BCUT2D eigenvalue weighted by molar-refractivity contribution is 5.22. The van der Waals surface area contributed by atoms with Crippen LogP contribution in [0.15, 0.2) is 24.3 Å². The van der Waals surface area contributed by atoms with Crippen LogP contribution in [-0.2, 0) is 0 Å². The third-order valence-electron chi connectivity index (χ3n) is 2.41. The standard InChI is InChI=1S/C11H14FNO/c12-10-4-3-5-11(8-10)14-9-13-6-1-2-7-13/h3-5,8H,1-2,6-7,9H2. The second-order valence-corrected chi connectivity index (χ2v) is 3.56. The van der Waals surface area contributed by atoms with E-state index in [1.807, 2.05) is 0 Å². The van der Waals surface area contributed by atoms with Gasteiger partial charge in [-0.2, -0.15) is 0 Å². The fourth-order valence-corrected chi connectivity index (χ4v) is 1.63. The largest absolute Gasteiger partial charge is 0.478 e. The van der Waals surface area contributed by atoms with E-state index in [2.05, 4.69) is 4.90 Å². The van der Waals surface area contributed by atoms with Gasteiger partial charge in [-0.05, 0) is 25.0 Å². The second kappa shape index (κ2) is 4.42. The molecule has 1 heterocycles. The van der Waals surface area contributed by atoms with Crippen molar-refractivity contribution >= 4 is 0 Å². The van der Waals surface area contributed by atoms with Crippen LogP contribution in [-0.4, -0.2) is 24.7 Å². The van der Waals surface area contributed by atoms with E-state index in [9.17, 15) is 4.39 Å². The average molecular weight is 195 g/mol. The molecular formula is C11H14FNO. The second-order valence-electron chi connectivity index (χ2n) is 3.56. The van der Waals surface area contributed by atoms with E-state index in [-0.39, 0.29) is 5.82 Å². The van der Waals surface area contributed by atoms with Gasteiger partial charge in [-0.1, -0.05) is 6.07 Å². The maximum absolute atomic E-state index is 12.8. The van der Waals surface area contributed by atoms with E-state index >= 15 is 0 Å². The lowest BCUT2D eigenvalue weighted by molar-refractivity contribution is 0.151. The van der Waals surface area contributed by atoms with Gasteiger partial charge in [0, 0.05) is 19.2 Å². The van der Waals surface area contributed by atoms with Gasteiger partial charge in [0.2, 0.25) is 0 Å². The summed E-state index contributed by atoms with van der Waals surface area (Å²) in [4.78, 5) is 2.23. The van der Waals surface area contributed by atoms with E-state index in [1.165, 1.54) is 25.0 Å². The third kappa shape index (κ3) is 2.45. The smallest absolute Gasteiger partial charge is 0.142 e. The van der Waals surface area contributed by atoms with Gasteiger partial charge in [-0.25, -0.2) is 4.39 Å². The molecule has 0 saturated carbocycles. The molecule has 3 heteroatoms. The van der Waals surface area contributed by atoms with E-state index < -0.39 is 0 Å². The highest BCUT2D eigenvalue weighted by Gasteiger charge is 2.11. The van der Waals surface area contributed by atoms with E-state index in [4.69, 9.17) is 4.74 Å². The molecule has 0 spiro atoms. The van der Waals surface area contributed by atoms with Crippen LogP contribution in [0.5, 0.6) is 5.75 Å². The van der Waals surface area contributed by atoms with Crippen molar-refractivity contribution in [1.29, 1.82) is 0 Å². The van der Waals surface area contributed by atoms with Crippen molar-refractivity contribution in [3.8, 4) is 5.75 Å². The van der Waals surface area contributed by atoms with Gasteiger partial charge in [0.15, 0.2) is 0 Å². The Labute approximate surface area is 83.3 Å². The van der Waals surface area contributed by atoms with Gasteiger partial charge in [0.1, 0.15) is 18.3 Å². The molecule has 1 saturated heterocycles. The number of halogens is 1. The highest BCUT2D eigenvalue weighted by atomic mass is 19.1. The molecule has 1 aliphatic rings. The average Bonchev–Trinajstić information content (AvgIpc) is 2.67. The van der Waals surface area contributed by atoms with Gasteiger partial charge < -0.3 is 4.74 Å². The molecule has 14 heavy (non-hydrogen) atoms. The number of hydrogen-bond donors (Lipinski definition) is 0. The Morgan fingerprint density at radius 2 is 2.07 bits per heavy atom. The van der Waals surface area contributed by atoms with Crippen molar-refractivity contribution in [2.75, 3.05) is 19.8 Å². The zero-order valence-corrected chi connectivity index (χ0v) is 8.08. The molecule has 76 valence electrons. The Hall–Kier alpha value is -1.09. The number of nitrogens with zero attached hydrogens (tertiary/aromatic N) is 1. The molecule has 1 aromatic carbocycles. The molecular weight excluding hydrogens is 181 g/mol. The minimum absolute atomic E-state index is 0.246. The van der Waals surface area contributed by atoms with E-state index in [0.29, 0.717) is 12.5 Å². The van der Waals surface area contributed by atoms with E-state index in [1.54, 1.807) is 12.1 Å². The Morgan fingerprint density at radius 1 is 1.29 bits per heavy atom. The summed E-state index contributed by atoms with van der Waals surface area (Å²) in [5, 5.41) is 0. The van der Waals surface area contributed by atoms with Gasteiger partial charge in [0.25, 0.3) is 0 Å². The number of likely N-dealkylation sites (tertiary alicyclic amines) is 1. The van der Waals surface area contributed by atoms with Crippen LogP contribution in [0, 0.1) is 5.82 Å². The Bertz CT molecular complexity index is 297. The first-order valence-electron chi connectivity index (χ1n) is 4.95. The van der Waals surface area contributed by atoms with Gasteiger partial charge >= 0.3 is 0 Å². The minimum atomic E-state index is -0.246. The SMILES string of the molecule is Fc1cccc(OCN2CCCC2)c1. The maximum Gasteiger partial charge on any atom is 0.142 e. The molecule has 0 aromatic heterocycles. The lowest BCUT2D eigenvalue weighted by Crippen LogP contribution is -2.24. The molecule has 2 rings (SSSR count). The topological polar surface area (TPSA) is 12.5 Å². The summed E-state index contributed by atoms with van der Waals surface area (Å²) in [6.07, 6.45) is 2.49. The molecule has 0 aliphatic carbocycles. The van der Waals surface area contributed by atoms with Gasteiger partial charge in [-0.15, -0.1) is 0 Å². The first-order chi connectivity index (χ1) is 6.84. The first kappa shape index (κ1) is 9.46. The monoisotopic (exact) mass is 195 g/mol. The summed E-state index contributed by atoms with van der Waals surface area (Å²) in [6.45, 7) is 2.76. The van der Waals surface area contributed by atoms with Crippen molar-refractivity contribution in [3.63, 3.8) is 0 Å². The quantitative estimate of drug-likeness (QED) is 0.733. The summed E-state index contributed by atoms with van der Waals surface area (Å²) in [5.74, 6) is 0.362. The van der Waals surface area contributed by atoms with Crippen LogP contribution in [0.3, 0.4) is 0 Å². The van der Waals surface area contributed by atoms with Crippen molar-refractivity contribution in [1.82, 2.24) is 4.90 Å². The zero-order valence-electron chi connectivity index (χ0n) is 8.08. The summed E-state index contributed by atoms with van der Waals surface area (Å²) >= 11 is 0. The van der Waals surface area contributed by atoms with E-state index in [0.717, 1.165) is 13.1 Å². The van der Waals surface area contributed by atoms with Gasteiger partial charge in [-0.3, -0.25) is 4.90 Å². The summed E-state index contributed by atoms with van der Waals surface area (Å²) in [6, 6.07) is 6.27. The van der Waals surface area contributed by atoms with Crippen LogP contribution < -0.4 is 4.74 Å². The van der Waals surface area contributed by atoms with Crippen molar-refractivity contribution in [2.24, 2.45) is 0 Å². The number of rotatable bonds is 3. The van der Waals surface area contributed by atoms with Crippen LogP contribution in [0.1, 0.15) is 12.8 Å². The highest BCUT2D eigenvalue weighted by Crippen LogP contribution is 2.13. The zero-order chi connectivity index (χ0) is 9.80. The lowest BCUT2D eigenvalue weighted by atomic mass is 10.3. The molecule has 0 unspecified atom stereocenters. The predicted molar refractivity (Wildman–Crippen MR) is 52.7 cm³/mol. The van der Waals surface area contributed by atoms with Crippen molar-refractivity contribution in [2.45, 2.75) is 12.8 Å². The minimum Gasteiger partial charge on any atom is -0.478 e. The molecule has 1 aliphatic heterocycles. The Balaban J connectivity index is 1.85. The fourth-order valence-electron chi connectivity index (χ4n) is 1.63. The maximum atomic E-state index is 12.8. The fraction of sp³-hybridized carbons (Fsp3) is 0.455. The predicted octanol–water partition coefficient (Wildman–Crippen LogP) is 2.26. The summed E-state index contributed by atoms with van der Waals surface area (Å²) < 4.78 is 18.2. The van der Waals surface area contributed by atoms with Crippen LogP contribution >= 0.6 is 0 Å². The molecule has 0 amide bonds. The summed E-state index contributed by atoms with van der Waals surface area (Å²) in [5.41, 5.74) is 0. The lowest BCUT2D eigenvalue weighted by Gasteiger charge is -2.15. The van der Waals surface area contributed by atoms with Crippen molar-refractivity contribution in [3.05, 3.63) is 30.1 Å². The molecule has 0 N–H and O–H groups in total.